The normalized spacial score (nSPS) is 19.0. The zero-order valence-corrected chi connectivity index (χ0v) is 16.3. The lowest BCUT2D eigenvalue weighted by Crippen LogP contribution is -2.42. The van der Waals surface area contributed by atoms with Crippen molar-refractivity contribution in [3.05, 3.63) is 33.9 Å². The van der Waals surface area contributed by atoms with Gasteiger partial charge in [0.2, 0.25) is 0 Å². The van der Waals surface area contributed by atoms with Gasteiger partial charge in [0.15, 0.2) is 0 Å². The van der Waals surface area contributed by atoms with E-state index < -0.39 is 5.41 Å². The minimum atomic E-state index is -0.709. The molecule has 0 bridgehead atoms. The second kappa shape index (κ2) is 7.84. The topological polar surface area (TPSA) is 81.9 Å². The van der Waals surface area contributed by atoms with Crippen LogP contribution in [0, 0.1) is 16.0 Å². The van der Waals surface area contributed by atoms with Crippen LogP contribution in [0.25, 0.3) is 0 Å². The molecule has 148 valence electrons. The van der Waals surface area contributed by atoms with Gasteiger partial charge in [-0.25, -0.2) is 0 Å². The van der Waals surface area contributed by atoms with Gasteiger partial charge < -0.3 is 14.4 Å². The van der Waals surface area contributed by atoms with E-state index in [0.29, 0.717) is 43.2 Å². The van der Waals surface area contributed by atoms with E-state index >= 15 is 0 Å². The van der Waals surface area contributed by atoms with Gasteiger partial charge in [-0.15, -0.1) is 0 Å². The van der Waals surface area contributed by atoms with Crippen LogP contribution in [0.2, 0.25) is 0 Å². The molecular formula is C20H28N2O5. The van der Waals surface area contributed by atoms with Crippen molar-refractivity contribution in [3.8, 4) is 0 Å². The molecule has 0 aromatic heterocycles. The van der Waals surface area contributed by atoms with Crippen LogP contribution in [-0.2, 0) is 19.7 Å². The number of methoxy groups -OCH3 is 1. The van der Waals surface area contributed by atoms with Crippen molar-refractivity contribution in [1.29, 1.82) is 0 Å². The lowest BCUT2D eigenvalue weighted by Gasteiger charge is -2.37. The van der Waals surface area contributed by atoms with Crippen LogP contribution in [0.3, 0.4) is 0 Å². The first-order chi connectivity index (χ1) is 12.9. The first kappa shape index (κ1) is 19.6. The Bertz CT molecular complexity index is 708. The van der Waals surface area contributed by atoms with Crippen molar-refractivity contribution >= 4 is 17.3 Å². The van der Waals surface area contributed by atoms with Crippen LogP contribution < -0.4 is 4.90 Å². The quantitative estimate of drug-likeness (QED) is 0.412. The third-order valence-corrected chi connectivity index (χ3v) is 5.55. The highest BCUT2D eigenvalue weighted by Crippen LogP contribution is 2.50. The molecule has 1 aliphatic carbocycles. The zero-order chi connectivity index (χ0) is 19.6. The van der Waals surface area contributed by atoms with Gasteiger partial charge in [0.05, 0.1) is 17.4 Å². The van der Waals surface area contributed by atoms with Crippen molar-refractivity contribution < 1.29 is 19.2 Å². The van der Waals surface area contributed by atoms with Crippen LogP contribution in [0.5, 0.6) is 0 Å². The van der Waals surface area contributed by atoms with Gasteiger partial charge in [-0.2, -0.15) is 0 Å². The van der Waals surface area contributed by atoms with E-state index in [9.17, 15) is 14.9 Å². The summed E-state index contributed by atoms with van der Waals surface area (Å²) in [6, 6.07) is 5.47. The predicted molar refractivity (Wildman–Crippen MR) is 102 cm³/mol. The fourth-order valence-corrected chi connectivity index (χ4v) is 3.98. The van der Waals surface area contributed by atoms with Crippen molar-refractivity contribution in [2.24, 2.45) is 5.92 Å². The molecule has 2 aliphatic rings. The summed E-state index contributed by atoms with van der Waals surface area (Å²) >= 11 is 0. The summed E-state index contributed by atoms with van der Waals surface area (Å²) in [7, 11) is 1.36. The highest BCUT2D eigenvalue weighted by Gasteiger charge is 2.53. The Balaban J connectivity index is 1.99. The summed E-state index contributed by atoms with van der Waals surface area (Å²) < 4.78 is 10.4. The van der Waals surface area contributed by atoms with E-state index in [1.54, 1.807) is 6.07 Å². The number of nitro benzene ring substituents is 1. The van der Waals surface area contributed by atoms with Gasteiger partial charge in [-0.1, -0.05) is 19.9 Å². The molecule has 7 heteroatoms. The Morgan fingerprint density at radius 3 is 2.56 bits per heavy atom. The van der Waals surface area contributed by atoms with Crippen LogP contribution in [-0.4, -0.2) is 43.8 Å². The van der Waals surface area contributed by atoms with Crippen molar-refractivity contribution in [2.45, 2.75) is 51.0 Å². The van der Waals surface area contributed by atoms with Gasteiger partial charge >= 0.3 is 5.97 Å². The molecular weight excluding hydrogens is 348 g/mol. The average molecular weight is 376 g/mol. The number of carbonyl (C=O) groups is 1. The molecule has 1 aliphatic heterocycles. The number of rotatable bonds is 7. The van der Waals surface area contributed by atoms with Gasteiger partial charge in [0.25, 0.3) is 5.69 Å². The minimum absolute atomic E-state index is 0.0646. The Kier molecular flexibility index (Phi) is 5.69. The Labute approximate surface area is 159 Å². The molecule has 0 N–H and O–H groups in total. The van der Waals surface area contributed by atoms with E-state index in [1.807, 2.05) is 12.1 Å². The Morgan fingerprint density at radius 2 is 2.04 bits per heavy atom. The fourth-order valence-electron chi connectivity index (χ4n) is 3.98. The second-order valence-corrected chi connectivity index (χ2v) is 7.92. The van der Waals surface area contributed by atoms with Crippen molar-refractivity contribution in [3.63, 3.8) is 0 Å². The second-order valence-electron chi connectivity index (χ2n) is 7.92. The summed E-state index contributed by atoms with van der Waals surface area (Å²) in [4.78, 5) is 25.9. The lowest BCUT2D eigenvalue weighted by molar-refractivity contribution is -0.384. The maximum absolute atomic E-state index is 12.2. The monoisotopic (exact) mass is 376 g/mol. The molecule has 7 nitrogen and oxygen atoms in total. The van der Waals surface area contributed by atoms with Crippen molar-refractivity contribution in [2.75, 3.05) is 31.8 Å². The van der Waals surface area contributed by atoms with Crippen LogP contribution in [0.4, 0.5) is 11.4 Å². The van der Waals surface area contributed by atoms with Crippen LogP contribution in [0.15, 0.2) is 18.2 Å². The molecule has 1 saturated carbocycles. The van der Waals surface area contributed by atoms with E-state index in [0.717, 1.165) is 19.4 Å². The summed E-state index contributed by atoms with van der Waals surface area (Å²) in [5.41, 5.74) is 0.667. The summed E-state index contributed by atoms with van der Waals surface area (Å²) in [6.45, 7) is 6.33. The molecule has 0 radical (unpaired) electrons. The Morgan fingerprint density at radius 1 is 1.37 bits per heavy atom. The number of carbonyl (C=O) groups excluding carboxylic acids is 1. The van der Waals surface area contributed by atoms with Crippen molar-refractivity contribution in [1.82, 2.24) is 0 Å². The maximum Gasteiger partial charge on any atom is 0.316 e. The van der Waals surface area contributed by atoms with Crippen LogP contribution >= 0.6 is 0 Å². The first-order valence-electron chi connectivity index (χ1n) is 9.61. The van der Waals surface area contributed by atoms with Gasteiger partial charge in [0, 0.05) is 31.9 Å². The lowest BCUT2D eigenvalue weighted by atomic mass is 9.94. The highest BCUT2D eigenvalue weighted by molar-refractivity contribution is 5.87. The number of esters is 1. The number of nitro groups is 1. The molecule has 0 unspecified atom stereocenters. The van der Waals surface area contributed by atoms with Crippen LogP contribution in [0.1, 0.15) is 45.1 Å². The average Bonchev–Trinajstić information content (AvgIpc) is 3.47. The highest BCUT2D eigenvalue weighted by atomic mass is 16.6. The van der Waals surface area contributed by atoms with Gasteiger partial charge in [-0.05, 0) is 43.2 Å². The molecule has 0 amide bonds. The molecule has 1 aromatic rings. The largest absolute Gasteiger partial charge is 0.468 e. The number of ether oxygens (including phenoxy) is 2. The SMILES string of the molecule is COC(=O)C1(c2ccc(N(CC(C)C)C3CCOCC3)c([N+](=O)[O-])c2)CC1. The van der Waals surface area contributed by atoms with E-state index in [1.165, 1.54) is 7.11 Å². The summed E-state index contributed by atoms with van der Waals surface area (Å²) in [5, 5.41) is 11.9. The third kappa shape index (κ3) is 3.93. The number of hydrogen-bond donors (Lipinski definition) is 0. The number of nitrogens with zero attached hydrogens (tertiary/aromatic N) is 2. The molecule has 0 atom stereocenters. The molecule has 3 rings (SSSR count). The minimum Gasteiger partial charge on any atom is -0.468 e. The summed E-state index contributed by atoms with van der Waals surface area (Å²) in [5.74, 6) is 0.0602. The molecule has 1 heterocycles. The number of benzene rings is 1. The molecule has 2 fully saturated rings. The fraction of sp³-hybridized carbons (Fsp3) is 0.650. The number of hydrogen-bond acceptors (Lipinski definition) is 6. The number of anilines is 1. The molecule has 1 aromatic carbocycles. The maximum atomic E-state index is 12.2. The van der Waals surface area contributed by atoms with Gasteiger partial charge in [0.1, 0.15) is 5.69 Å². The Hall–Kier alpha value is -2.15. The van der Waals surface area contributed by atoms with Gasteiger partial charge in [-0.3, -0.25) is 14.9 Å². The third-order valence-electron chi connectivity index (χ3n) is 5.55. The predicted octanol–water partition coefficient (Wildman–Crippen LogP) is 3.44. The van der Waals surface area contributed by atoms with E-state index in [2.05, 4.69) is 18.7 Å². The van der Waals surface area contributed by atoms with E-state index in [-0.39, 0.29) is 22.6 Å². The standard InChI is InChI=1S/C20H28N2O5/c1-14(2)13-21(16-6-10-27-11-7-16)17-5-4-15(12-18(17)22(24)25)20(8-9-20)19(23)26-3/h4-5,12,14,16H,6-11,13H2,1-3H3. The molecule has 1 saturated heterocycles. The zero-order valence-electron chi connectivity index (χ0n) is 16.3. The molecule has 0 spiro atoms. The molecule has 27 heavy (non-hydrogen) atoms. The summed E-state index contributed by atoms with van der Waals surface area (Å²) in [6.07, 6.45) is 3.06. The first-order valence-corrected chi connectivity index (χ1v) is 9.61. The van der Waals surface area contributed by atoms with E-state index in [4.69, 9.17) is 9.47 Å². The smallest absolute Gasteiger partial charge is 0.316 e.